The Morgan fingerprint density at radius 2 is 2.14 bits per heavy atom. The average Bonchev–Trinajstić information content (AvgIpc) is 3.07. The Bertz CT molecular complexity index is 511. The number of amides is 1. The van der Waals surface area contributed by atoms with Gasteiger partial charge in [0.05, 0.1) is 6.04 Å². The van der Waals surface area contributed by atoms with Crippen LogP contribution in [-0.2, 0) is 4.79 Å². The highest BCUT2D eigenvalue weighted by Gasteiger charge is 2.39. The molecule has 2 aliphatic rings. The van der Waals surface area contributed by atoms with E-state index < -0.39 is 0 Å². The van der Waals surface area contributed by atoms with Crippen LogP contribution in [-0.4, -0.2) is 24.5 Å². The Labute approximate surface area is 126 Å². The summed E-state index contributed by atoms with van der Waals surface area (Å²) < 4.78 is 0. The summed E-state index contributed by atoms with van der Waals surface area (Å²) in [5.74, 6) is 0.881. The summed E-state index contributed by atoms with van der Waals surface area (Å²) in [6.07, 6.45) is 6.97. The first kappa shape index (κ1) is 14.3. The average molecular weight is 284 g/mol. The first-order valence-electron chi connectivity index (χ1n) is 7.98. The van der Waals surface area contributed by atoms with Gasteiger partial charge >= 0.3 is 0 Å². The number of carbonyl (C=O) groups is 1. The van der Waals surface area contributed by atoms with E-state index >= 15 is 0 Å². The van der Waals surface area contributed by atoms with Crippen molar-refractivity contribution < 1.29 is 4.79 Å². The number of carbonyl (C=O) groups excluding carboxylic acids is 1. The Hall–Kier alpha value is -1.61. The minimum Gasteiger partial charge on any atom is -0.351 e. The predicted molar refractivity (Wildman–Crippen MR) is 85.8 cm³/mol. The van der Waals surface area contributed by atoms with Crippen molar-refractivity contribution in [3.63, 3.8) is 0 Å². The summed E-state index contributed by atoms with van der Waals surface area (Å²) in [5.41, 5.74) is 2.35. The molecule has 2 N–H and O–H groups in total. The molecule has 112 valence electrons. The molecular formula is C18H24N2O. The van der Waals surface area contributed by atoms with E-state index in [1.54, 1.807) is 0 Å². The van der Waals surface area contributed by atoms with Crippen LogP contribution < -0.4 is 10.6 Å². The minimum atomic E-state index is 0.0184. The summed E-state index contributed by atoms with van der Waals surface area (Å²) >= 11 is 0. The zero-order valence-corrected chi connectivity index (χ0v) is 12.6. The van der Waals surface area contributed by atoms with Gasteiger partial charge in [-0.1, -0.05) is 48.4 Å². The Morgan fingerprint density at radius 1 is 1.33 bits per heavy atom. The van der Waals surface area contributed by atoms with E-state index in [0.29, 0.717) is 12.6 Å². The number of nitrogens with one attached hydrogen (secondary N) is 2. The van der Waals surface area contributed by atoms with Gasteiger partial charge in [-0.25, -0.2) is 0 Å². The lowest BCUT2D eigenvalue weighted by molar-refractivity contribution is -0.122. The highest BCUT2D eigenvalue weighted by Crippen LogP contribution is 2.34. The Balaban J connectivity index is 1.49. The molecule has 0 radical (unpaired) electrons. The van der Waals surface area contributed by atoms with Crippen LogP contribution in [0.15, 0.2) is 35.9 Å². The quantitative estimate of drug-likeness (QED) is 0.892. The lowest BCUT2D eigenvalue weighted by Gasteiger charge is -2.13. The van der Waals surface area contributed by atoms with Gasteiger partial charge in [-0.05, 0) is 37.7 Å². The van der Waals surface area contributed by atoms with Gasteiger partial charge in [0.1, 0.15) is 0 Å². The Kier molecular flexibility index (Phi) is 4.39. The molecular weight excluding hydrogens is 260 g/mol. The molecule has 1 aliphatic carbocycles. The molecule has 3 nitrogen and oxygen atoms in total. The largest absolute Gasteiger partial charge is 0.351 e. The molecule has 1 aromatic carbocycles. The second-order valence-corrected chi connectivity index (χ2v) is 6.37. The molecule has 1 saturated heterocycles. The molecule has 3 atom stereocenters. The standard InChI is InChI=1S/C18H24N2O/c1-13(10-14-6-3-2-4-7-14)12-19-18(21)17-11-15-8-5-9-16(15)20-17/h2-4,6-7,10,15-17,20H,5,8-9,11-12H2,1H3,(H,19,21)/t15?,16?,17-/m0/s1. The van der Waals surface area contributed by atoms with Crippen LogP contribution in [0.25, 0.3) is 6.08 Å². The van der Waals surface area contributed by atoms with Crippen LogP contribution in [0.5, 0.6) is 0 Å². The molecule has 3 heteroatoms. The number of hydrogen-bond acceptors (Lipinski definition) is 2. The second kappa shape index (κ2) is 6.44. The number of rotatable bonds is 4. The molecule has 1 heterocycles. The highest BCUT2D eigenvalue weighted by atomic mass is 16.2. The van der Waals surface area contributed by atoms with E-state index in [2.05, 4.69) is 35.8 Å². The van der Waals surface area contributed by atoms with Crippen LogP contribution in [0.4, 0.5) is 0 Å². The summed E-state index contributed by atoms with van der Waals surface area (Å²) in [7, 11) is 0. The van der Waals surface area contributed by atoms with E-state index in [-0.39, 0.29) is 11.9 Å². The van der Waals surface area contributed by atoms with Crippen LogP contribution in [0.3, 0.4) is 0 Å². The maximum atomic E-state index is 12.2. The molecule has 2 unspecified atom stereocenters. The fourth-order valence-corrected chi connectivity index (χ4v) is 3.58. The second-order valence-electron chi connectivity index (χ2n) is 6.37. The normalized spacial score (nSPS) is 28.4. The lowest BCUT2D eigenvalue weighted by atomic mass is 10.0. The third-order valence-electron chi connectivity index (χ3n) is 4.68. The lowest BCUT2D eigenvalue weighted by Crippen LogP contribution is -2.43. The maximum absolute atomic E-state index is 12.2. The van der Waals surface area contributed by atoms with Gasteiger partial charge in [-0.15, -0.1) is 0 Å². The molecule has 2 fully saturated rings. The third-order valence-corrected chi connectivity index (χ3v) is 4.68. The van der Waals surface area contributed by atoms with Crippen LogP contribution in [0, 0.1) is 5.92 Å². The van der Waals surface area contributed by atoms with Crippen molar-refractivity contribution in [1.82, 2.24) is 10.6 Å². The molecule has 1 aliphatic heterocycles. The molecule has 1 saturated carbocycles. The van der Waals surface area contributed by atoms with Crippen LogP contribution >= 0.6 is 0 Å². The topological polar surface area (TPSA) is 41.1 Å². The van der Waals surface area contributed by atoms with E-state index in [0.717, 1.165) is 12.3 Å². The SMILES string of the molecule is CC(=Cc1ccccc1)CNC(=O)[C@@H]1CC2CCCC2N1. The van der Waals surface area contributed by atoms with E-state index in [1.165, 1.54) is 30.4 Å². The van der Waals surface area contributed by atoms with Crippen LogP contribution in [0.1, 0.15) is 38.2 Å². The van der Waals surface area contributed by atoms with Crippen molar-refractivity contribution in [3.8, 4) is 0 Å². The molecule has 1 amide bonds. The third kappa shape index (κ3) is 3.53. The zero-order chi connectivity index (χ0) is 14.7. The van der Waals surface area contributed by atoms with Gasteiger partial charge in [0.2, 0.25) is 5.91 Å². The van der Waals surface area contributed by atoms with Gasteiger partial charge in [-0.3, -0.25) is 4.79 Å². The molecule has 21 heavy (non-hydrogen) atoms. The van der Waals surface area contributed by atoms with Crippen LogP contribution in [0.2, 0.25) is 0 Å². The van der Waals surface area contributed by atoms with E-state index in [1.807, 2.05) is 18.2 Å². The van der Waals surface area contributed by atoms with Crippen molar-refractivity contribution in [2.45, 2.75) is 44.7 Å². The number of hydrogen-bond donors (Lipinski definition) is 2. The highest BCUT2D eigenvalue weighted by molar-refractivity contribution is 5.82. The van der Waals surface area contributed by atoms with E-state index in [4.69, 9.17) is 0 Å². The van der Waals surface area contributed by atoms with E-state index in [9.17, 15) is 4.79 Å². The molecule has 0 bridgehead atoms. The number of fused-ring (bicyclic) bond motifs is 1. The molecule has 1 aromatic rings. The molecule has 0 spiro atoms. The summed E-state index contributed by atoms with van der Waals surface area (Å²) in [6, 6.07) is 10.8. The minimum absolute atomic E-state index is 0.0184. The zero-order valence-electron chi connectivity index (χ0n) is 12.6. The molecule has 3 rings (SSSR count). The van der Waals surface area contributed by atoms with Crippen molar-refractivity contribution in [2.75, 3.05) is 6.54 Å². The first-order chi connectivity index (χ1) is 10.2. The summed E-state index contributed by atoms with van der Waals surface area (Å²) in [5, 5.41) is 6.56. The summed E-state index contributed by atoms with van der Waals surface area (Å²) in [4.78, 5) is 12.2. The smallest absolute Gasteiger partial charge is 0.237 e. The number of benzene rings is 1. The van der Waals surface area contributed by atoms with Crippen molar-refractivity contribution >= 4 is 12.0 Å². The maximum Gasteiger partial charge on any atom is 0.237 e. The Morgan fingerprint density at radius 3 is 2.90 bits per heavy atom. The fourth-order valence-electron chi connectivity index (χ4n) is 3.58. The van der Waals surface area contributed by atoms with Gasteiger partial charge in [0.25, 0.3) is 0 Å². The summed E-state index contributed by atoms with van der Waals surface area (Å²) in [6.45, 7) is 2.69. The first-order valence-corrected chi connectivity index (χ1v) is 7.98. The van der Waals surface area contributed by atoms with Gasteiger partial charge < -0.3 is 10.6 Å². The monoisotopic (exact) mass is 284 g/mol. The predicted octanol–water partition coefficient (Wildman–Crippen LogP) is 2.74. The fraction of sp³-hybridized carbons (Fsp3) is 0.500. The van der Waals surface area contributed by atoms with Crippen molar-refractivity contribution in [3.05, 3.63) is 41.5 Å². The van der Waals surface area contributed by atoms with Gasteiger partial charge in [0.15, 0.2) is 0 Å². The van der Waals surface area contributed by atoms with Gasteiger partial charge in [-0.2, -0.15) is 0 Å². The van der Waals surface area contributed by atoms with Crippen molar-refractivity contribution in [1.29, 1.82) is 0 Å². The van der Waals surface area contributed by atoms with Crippen molar-refractivity contribution in [2.24, 2.45) is 5.92 Å². The molecule has 0 aromatic heterocycles. The van der Waals surface area contributed by atoms with Gasteiger partial charge in [0, 0.05) is 12.6 Å².